The Morgan fingerprint density at radius 2 is 1.89 bits per heavy atom. The molecule has 38 heavy (non-hydrogen) atoms. The van der Waals surface area contributed by atoms with Gasteiger partial charge >= 0.3 is 6.03 Å². The van der Waals surface area contributed by atoms with E-state index in [4.69, 9.17) is 9.47 Å². The van der Waals surface area contributed by atoms with E-state index in [1.54, 1.807) is 11.0 Å². The van der Waals surface area contributed by atoms with Gasteiger partial charge in [0.25, 0.3) is 5.91 Å². The third-order valence-corrected chi connectivity index (χ3v) is 8.21. The zero-order valence-electron chi connectivity index (χ0n) is 22.5. The molecule has 3 fully saturated rings. The zero-order chi connectivity index (χ0) is 26.6. The summed E-state index contributed by atoms with van der Waals surface area (Å²) in [4.78, 5) is 43.9. The fourth-order valence-electron chi connectivity index (χ4n) is 5.90. The molecule has 4 amide bonds. The normalized spacial score (nSPS) is 29.2. The maximum Gasteiger partial charge on any atom is 0.315 e. The number of rotatable bonds is 3. The molecule has 3 aliphatic heterocycles. The predicted octanol–water partition coefficient (Wildman–Crippen LogP) is 1.89. The number of benzene rings is 1. The van der Waals surface area contributed by atoms with E-state index in [2.05, 4.69) is 20.9 Å². The number of para-hydroxylation sites is 1. The van der Waals surface area contributed by atoms with Gasteiger partial charge in [-0.2, -0.15) is 0 Å². The van der Waals surface area contributed by atoms with Crippen molar-refractivity contribution >= 4 is 17.8 Å². The maximum atomic E-state index is 13.8. The van der Waals surface area contributed by atoms with Crippen LogP contribution in [-0.2, 0) is 9.53 Å². The molecule has 1 aromatic rings. The van der Waals surface area contributed by atoms with Gasteiger partial charge in [0.15, 0.2) is 0 Å². The molecule has 1 saturated carbocycles. The highest BCUT2D eigenvalue weighted by atomic mass is 16.5. The van der Waals surface area contributed by atoms with Crippen molar-refractivity contribution in [2.75, 3.05) is 32.8 Å². The summed E-state index contributed by atoms with van der Waals surface area (Å²) in [5.74, 6) is 0.175. The maximum absolute atomic E-state index is 13.8. The van der Waals surface area contributed by atoms with E-state index in [-0.39, 0.29) is 48.7 Å². The summed E-state index contributed by atoms with van der Waals surface area (Å²) < 4.78 is 12.5. The SMILES string of the molecule is CC(C)NC(=O)N[C@@H]1CC[C@H]2CCOc3ccccc3C(=O)N3CCN(C4CCC4)C[C@H]3C(=O)NC[C@H]1O2. The second-order valence-electron chi connectivity index (χ2n) is 11.2. The lowest BCUT2D eigenvalue weighted by Crippen LogP contribution is -2.64. The van der Waals surface area contributed by atoms with Crippen molar-refractivity contribution in [3.8, 4) is 5.75 Å². The number of fused-ring (bicyclic) bond motifs is 4. The number of ether oxygens (including phenoxy) is 2. The van der Waals surface area contributed by atoms with Gasteiger partial charge in [0.05, 0.1) is 30.4 Å². The van der Waals surface area contributed by atoms with Gasteiger partial charge < -0.3 is 30.3 Å². The summed E-state index contributed by atoms with van der Waals surface area (Å²) in [7, 11) is 0. The van der Waals surface area contributed by atoms with E-state index in [0.717, 1.165) is 32.2 Å². The first-order valence-electron chi connectivity index (χ1n) is 14.2. The number of nitrogens with one attached hydrogen (secondary N) is 3. The first-order chi connectivity index (χ1) is 18.4. The molecule has 2 bridgehead atoms. The minimum atomic E-state index is -0.608. The van der Waals surface area contributed by atoms with Crippen LogP contribution in [0.5, 0.6) is 5.75 Å². The van der Waals surface area contributed by atoms with E-state index in [1.807, 2.05) is 32.0 Å². The number of hydrogen-bond donors (Lipinski definition) is 3. The Morgan fingerprint density at radius 1 is 1.08 bits per heavy atom. The van der Waals surface area contributed by atoms with Gasteiger partial charge in [0, 0.05) is 44.7 Å². The van der Waals surface area contributed by atoms with Gasteiger partial charge in [-0.1, -0.05) is 18.6 Å². The molecule has 0 spiro atoms. The highest BCUT2D eigenvalue weighted by Crippen LogP contribution is 2.29. The molecule has 10 heteroatoms. The van der Waals surface area contributed by atoms with Crippen LogP contribution < -0.4 is 20.7 Å². The van der Waals surface area contributed by atoms with Gasteiger partial charge in [0.2, 0.25) is 5.91 Å². The number of piperazine rings is 1. The van der Waals surface area contributed by atoms with Crippen molar-refractivity contribution in [2.45, 2.75) is 88.7 Å². The monoisotopic (exact) mass is 527 g/mol. The van der Waals surface area contributed by atoms with E-state index in [9.17, 15) is 14.4 Å². The summed E-state index contributed by atoms with van der Waals surface area (Å²) in [5, 5.41) is 9.00. The average molecular weight is 528 g/mol. The number of carbonyl (C=O) groups excluding carboxylic acids is 3. The van der Waals surface area contributed by atoms with Crippen molar-refractivity contribution in [1.29, 1.82) is 0 Å². The summed E-state index contributed by atoms with van der Waals surface area (Å²) >= 11 is 0. The molecule has 4 atom stereocenters. The number of urea groups is 1. The Morgan fingerprint density at radius 3 is 2.66 bits per heavy atom. The van der Waals surface area contributed by atoms with Crippen LogP contribution in [-0.4, -0.2) is 96.8 Å². The van der Waals surface area contributed by atoms with Crippen LogP contribution in [0.4, 0.5) is 4.79 Å². The third kappa shape index (κ3) is 6.07. The molecule has 0 radical (unpaired) electrons. The molecule has 1 aliphatic carbocycles. The van der Waals surface area contributed by atoms with Gasteiger partial charge in [-0.3, -0.25) is 14.5 Å². The molecule has 3 heterocycles. The average Bonchev–Trinajstić information content (AvgIpc) is 2.86. The summed E-state index contributed by atoms with van der Waals surface area (Å²) in [6.07, 6.45) is 5.23. The lowest BCUT2D eigenvalue weighted by Gasteiger charge is -2.46. The minimum absolute atomic E-state index is 0.0180. The fourth-order valence-corrected chi connectivity index (χ4v) is 5.90. The van der Waals surface area contributed by atoms with Crippen molar-refractivity contribution in [1.82, 2.24) is 25.8 Å². The topological polar surface area (TPSA) is 112 Å². The second-order valence-corrected chi connectivity index (χ2v) is 11.2. The summed E-state index contributed by atoms with van der Waals surface area (Å²) in [6.45, 7) is 6.27. The standard InChI is InChI=1S/C28H41N5O5/c1-18(2)30-28(36)31-22-11-10-20-12-15-37-24-9-4-3-8-21(24)27(35)33-14-13-32(19-6-5-7-19)17-23(33)26(34)29-16-25(22)38-20/h3-4,8-9,18-20,22-23,25H,5-7,10-17H2,1-2H3,(H,29,34)(H2,30,31,36)/t20-,22+,23-,25+/m0/s1. The van der Waals surface area contributed by atoms with Crippen LogP contribution in [0.1, 0.15) is 62.7 Å². The van der Waals surface area contributed by atoms with Crippen molar-refractivity contribution < 1.29 is 23.9 Å². The predicted molar refractivity (Wildman–Crippen MR) is 142 cm³/mol. The first-order valence-corrected chi connectivity index (χ1v) is 14.2. The van der Waals surface area contributed by atoms with Gasteiger partial charge in [-0.25, -0.2) is 4.79 Å². The fraction of sp³-hybridized carbons (Fsp3) is 0.679. The Labute approximate surface area is 224 Å². The third-order valence-electron chi connectivity index (χ3n) is 8.21. The molecule has 3 N–H and O–H groups in total. The molecular weight excluding hydrogens is 486 g/mol. The van der Waals surface area contributed by atoms with Crippen molar-refractivity contribution in [3.63, 3.8) is 0 Å². The van der Waals surface area contributed by atoms with Crippen LogP contribution in [0.15, 0.2) is 24.3 Å². The van der Waals surface area contributed by atoms with E-state index < -0.39 is 6.04 Å². The zero-order valence-corrected chi connectivity index (χ0v) is 22.5. The van der Waals surface area contributed by atoms with Gasteiger partial charge in [-0.05, 0) is 51.7 Å². The Balaban J connectivity index is 1.38. The Kier molecular flexibility index (Phi) is 8.38. The van der Waals surface area contributed by atoms with E-state index in [0.29, 0.717) is 43.5 Å². The molecule has 2 saturated heterocycles. The summed E-state index contributed by atoms with van der Waals surface area (Å²) in [6, 6.07) is 6.72. The highest BCUT2D eigenvalue weighted by Gasteiger charge is 2.41. The molecular formula is C28H41N5O5. The lowest BCUT2D eigenvalue weighted by atomic mass is 9.90. The first kappa shape index (κ1) is 26.7. The van der Waals surface area contributed by atoms with Crippen molar-refractivity contribution in [2.24, 2.45) is 0 Å². The van der Waals surface area contributed by atoms with Gasteiger partial charge in [0.1, 0.15) is 11.8 Å². The number of hydrogen-bond acceptors (Lipinski definition) is 6. The van der Waals surface area contributed by atoms with Crippen LogP contribution in [0.3, 0.4) is 0 Å². The number of amides is 4. The summed E-state index contributed by atoms with van der Waals surface area (Å²) in [5.41, 5.74) is 0.488. The van der Waals surface area contributed by atoms with Crippen LogP contribution in [0, 0.1) is 0 Å². The molecule has 4 aliphatic rings. The lowest BCUT2D eigenvalue weighted by molar-refractivity contribution is -0.130. The van der Waals surface area contributed by atoms with Crippen molar-refractivity contribution in [3.05, 3.63) is 29.8 Å². The molecule has 0 unspecified atom stereocenters. The largest absolute Gasteiger partial charge is 0.493 e. The molecule has 5 rings (SSSR count). The Bertz CT molecular complexity index is 1020. The minimum Gasteiger partial charge on any atom is -0.493 e. The van der Waals surface area contributed by atoms with E-state index >= 15 is 0 Å². The van der Waals surface area contributed by atoms with Gasteiger partial charge in [-0.15, -0.1) is 0 Å². The van der Waals surface area contributed by atoms with Crippen LogP contribution >= 0.6 is 0 Å². The second kappa shape index (κ2) is 11.9. The van der Waals surface area contributed by atoms with Crippen LogP contribution in [0.25, 0.3) is 0 Å². The number of nitrogens with zero attached hydrogens (tertiary/aromatic N) is 2. The smallest absolute Gasteiger partial charge is 0.315 e. The van der Waals surface area contributed by atoms with E-state index in [1.165, 1.54) is 6.42 Å². The highest BCUT2D eigenvalue weighted by molar-refractivity contribution is 6.00. The quantitative estimate of drug-likeness (QED) is 0.554. The van der Waals surface area contributed by atoms with Crippen LogP contribution in [0.2, 0.25) is 0 Å². The number of carbonyl (C=O) groups is 3. The Hall–Kier alpha value is -2.85. The molecule has 0 aromatic heterocycles. The molecule has 208 valence electrons. The molecule has 10 nitrogen and oxygen atoms in total. The molecule has 1 aromatic carbocycles.